The Morgan fingerprint density at radius 1 is 1.00 bits per heavy atom. The maximum atomic E-state index is 14.4. The molecule has 6 nitrogen and oxygen atoms in total. The first-order valence-corrected chi connectivity index (χ1v) is 12.6. The van der Waals surface area contributed by atoms with Crippen LogP contribution >= 0.6 is 0 Å². The van der Waals surface area contributed by atoms with Crippen LogP contribution in [0.5, 0.6) is 11.5 Å². The number of fused-ring (bicyclic) bond motifs is 2. The number of hydrogen-bond donors (Lipinski definition) is 0. The summed E-state index contributed by atoms with van der Waals surface area (Å²) in [4.78, 5) is 2.48. The molecule has 0 spiro atoms. The summed E-state index contributed by atoms with van der Waals surface area (Å²) in [5, 5.41) is 0. The first-order chi connectivity index (χ1) is 15.8. The predicted molar refractivity (Wildman–Crippen MR) is 126 cm³/mol. The molecular weight excluding hydrogens is 436 g/mol. The Morgan fingerprint density at radius 2 is 1.76 bits per heavy atom. The molecule has 0 unspecified atom stereocenters. The molecule has 3 aliphatic rings. The number of piperidine rings is 1. The van der Waals surface area contributed by atoms with E-state index in [1.165, 1.54) is 0 Å². The van der Waals surface area contributed by atoms with E-state index >= 15 is 0 Å². The zero-order valence-corrected chi connectivity index (χ0v) is 19.7. The van der Waals surface area contributed by atoms with Gasteiger partial charge in [-0.2, -0.15) is 0 Å². The van der Waals surface area contributed by atoms with Gasteiger partial charge in [-0.25, -0.2) is 12.7 Å². The smallest absolute Gasteiger partial charge is 0.265 e. The lowest BCUT2D eigenvalue weighted by Crippen LogP contribution is -2.64. The van der Waals surface area contributed by atoms with Crippen molar-refractivity contribution >= 4 is 15.7 Å². The second-order valence-corrected chi connectivity index (χ2v) is 11.0. The number of aryl methyl sites for hydroxylation is 1. The monoisotopic (exact) mass is 462 g/mol. The molecule has 0 aliphatic carbocycles. The summed E-state index contributed by atoms with van der Waals surface area (Å²) < 4.78 is 42.6. The molecule has 0 radical (unpaired) electrons. The highest BCUT2D eigenvalue weighted by Crippen LogP contribution is 2.67. The summed E-state index contributed by atoms with van der Waals surface area (Å²) in [5.41, 5.74) is 1.78. The number of para-hydroxylation sites is 1. The van der Waals surface area contributed by atoms with Gasteiger partial charge in [0.05, 0.1) is 17.7 Å². The molecule has 3 aromatic rings. The van der Waals surface area contributed by atoms with E-state index in [2.05, 4.69) is 4.90 Å². The first-order valence-electron chi connectivity index (χ1n) is 11.1. The van der Waals surface area contributed by atoms with Crippen molar-refractivity contribution in [2.24, 2.45) is 0 Å². The lowest BCUT2D eigenvalue weighted by atomic mass is 9.71. The van der Waals surface area contributed by atoms with Crippen molar-refractivity contribution in [2.45, 2.75) is 29.4 Å². The van der Waals surface area contributed by atoms with Crippen molar-refractivity contribution in [3.8, 4) is 11.5 Å². The van der Waals surface area contributed by atoms with Crippen LogP contribution in [0.1, 0.15) is 23.1 Å². The van der Waals surface area contributed by atoms with E-state index in [4.69, 9.17) is 9.47 Å². The molecule has 7 heteroatoms. The summed E-state index contributed by atoms with van der Waals surface area (Å²) in [6.45, 7) is 3.28. The number of nitrogens with zero attached hydrogens (tertiary/aromatic N) is 2. The van der Waals surface area contributed by atoms with Crippen molar-refractivity contribution in [1.29, 1.82) is 0 Å². The highest BCUT2D eigenvalue weighted by Gasteiger charge is 2.73. The number of likely N-dealkylation sites (tertiary alicyclic amines) is 1. The Balaban J connectivity index is 1.68. The first kappa shape index (κ1) is 20.6. The number of rotatable bonds is 3. The number of anilines is 1. The Kier molecular flexibility index (Phi) is 4.20. The second-order valence-electron chi connectivity index (χ2n) is 9.24. The molecule has 6 rings (SSSR count). The lowest BCUT2D eigenvalue weighted by Gasteiger charge is -2.49. The molecule has 0 bridgehead atoms. The Bertz CT molecular complexity index is 1370. The normalized spacial score (nSPS) is 25.6. The molecule has 0 aromatic heterocycles. The van der Waals surface area contributed by atoms with Gasteiger partial charge in [0.2, 0.25) is 0 Å². The van der Waals surface area contributed by atoms with Crippen LogP contribution in [0.3, 0.4) is 0 Å². The number of sulfonamides is 1. The van der Waals surface area contributed by atoms with Crippen molar-refractivity contribution in [2.75, 3.05) is 31.6 Å². The molecule has 3 heterocycles. The number of methoxy groups -OCH3 is 1. The highest BCUT2D eigenvalue weighted by atomic mass is 32.2. The predicted octanol–water partition coefficient (Wildman–Crippen LogP) is 4.03. The van der Waals surface area contributed by atoms with E-state index in [-0.39, 0.29) is 4.90 Å². The summed E-state index contributed by atoms with van der Waals surface area (Å²) >= 11 is 0. The molecule has 3 aromatic carbocycles. The van der Waals surface area contributed by atoms with Crippen molar-refractivity contribution in [3.05, 3.63) is 83.4 Å². The van der Waals surface area contributed by atoms with Gasteiger partial charge in [-0.3, -0.25) is 0 Å². The van der Waals surface area contributed by atoms with Gasteiger partial charge < -0.3 is 14.4 Å². The minimum Gasteiger partial charge on any atom is -0.497 e. The fourth-order valence-electron chi connectivity index (χ4n) is 5.93. The van der Waals surface area contributed by atoms with Crippen molar-refractivity contribution in [3.63, 3.8) is 0 Å². The Labute approximate surface area is 194 Å². The number of benzene rings is 3. The fourth-order valence-corrected chi connectivity index (χ4v) is 7.76. The molecule has 2 atom stereocenters. The third-order valence-electron chi connectivity index (χ3n) is 7.39. The second kappa shape index (κ2) is 6.74. The molecule has 0 saturated carbocycles. The molecule has 1 saturated heterocycles. The van der Waals surface area contributed by atoms with Crippen LogP contribution in [-0.4, -0.2) is 40.6 Å². The number of ether oxygens (including phenoxy) is 2. The SMILES string of the molecule is COc1ccc2c(c1)O[C@]13CCN(C)C[C@]21N(S(=O)(=O)c1ccc(C)cc1)c1ccccc13. The van der Waals surface area contributed by atoms with E-state index in [9.17, 15) is 8.42 Å². The minimum atomic E-state index is -3.89. The van der Waals surface area contributed by atoms with Gasteiger partial charge in [0, 0.05) is 36.7 Å². The third kappa shape index (κ3) is 2.49. The van der Waals surface area contributed by atoms with Gasteiger partial charge >= 0.3 is 0 Å². The molecule has 1 fully saturated rings. The Morgan fingerprint density at radius 3 is 2.52 bits per heavy atom. The van der Waals surface area contributed by atoms with Gasteiger partial charge in [0.1, 0.15) is 17.0 Å². The largest absolute Gasteiger partial charge is 0.497 e. The average molecular weight is 463 g/mol. The van der Waals surface area contributed by atoms with Crippen LogP contribution in [-0.2, 0) is 21.2 Å². The van der Waals surface area contributed by atoms with Gasteiger partial charge in [0.15, 0.2) is 5.60 Å². The van der Waals surface area contributed by atoms with Crippen LogP contribution < -0.4 is 13.8 Å². The van der Waals surface area contributed by atoms with E-state index < -0.39 is 21.2 Å². The summed E-state index contributed by atoms with van der Waals surface area (Å²) in [5.74, 6) is 1.37. The molecule has 0 amide bonds. The molecule has 3 aliphatic heterocycles. The molecule has 33 heavy (non-hydrogen) atoms. The number of hydrogen-bond acceptors (Lipinski definition) is 5. The summed E-state index contributed by atoms with van der Waals surface area (Å²) in [7, 11) is -0.229. The fraction of sp³-hybridized carbons (Fsp3) is 0.308. The van der Waals surface area contributed by atoms with Crippen molar-refractivity contribution < 1.29 is 17.9 Å². The van der Waals surface area contributed by atoms with E-state index in [1.807, 2.05) is 68.6 Å². The van der Waals surface area contributed by atoms with Crippen LogP contribution in [0.15, 0.2) is 71.6 Å². The van der Waals surface area contributed by atoms with Crippen LogP contribution in [0.2, 0.25) is 0 Å². The zero-order valence-electron chi connectivity index (χ0n) is 18.9. The standard InChI is InChI=1S/C26H26N2O4S/c1-18-8-11-20(12-9-18)33(29,30)28-23-7-5-4-6-21(23)26-14-15-27(2)17-25(26,28)22-13-10-19(31-3)16-24(22)32-26/h4-13,16H,14-15,17H2,1-3H3/t25-,26-/m0/s1. The van der Waals surface area contributed by atoms with Gasteiger partial charge in [0.25, 0.3) is 10.0 Å². The highest BCUT2D eigenvalue weighted by molar-refractivity contribution is 7.93. The van der Waals surface area contributed by atoms with Crippen LogP contribution in [0.4, 0.5) is 5.69 Å². The lowest BCUT2D eigenvalue weighted by molar-refractivity contribution is -0.0311. The minimum absolute atomic E-state index is 0.281. The van der Waals surface area contributed by atoms with Crippen molar-refractivity contribution in [1.82, 2.24) is 4.90 Å². The maximum Gasteiger partial charge on any atom is 0.265 e. The van der Waals surface area contributed by atoms with Gasteiger partial charge in [-0.05, 0) is 44.3 Å². The molecular formula is C26H26N2O4S. The third-order valence-corrected chi connectivity index (χ3v) is 9.25. The molecule has 0 N–H and O–H groups in total. The van der Waals surface area contributed by atoms with Crippen LogP contribution in [0, 0.1) is 6.92 Å². The maximum absolute atomic E-state index is 14.4. The quantitative estimate of drug-likeness (QED) is 0.588. The zero-order chi connectivity index (χ0) is 23.0. The van der Waals surface area contributed by atoms with Crippen LogP contribution in [0.25, 0.3) is 0 Å². The number of likely N-dealkylation sites (N-methyl/N-ethyl adjacent to an activating group) is 1. The van der Waals surface area contributed by atoms with Gasteiger partial charge in [-0.1, -0.05) is 35.9 Å². The van der Waals surface area contributed by atoms with E-state index in [0.717, 1.165) is 23.2 Å². The topological polar surface area (TPSA) is 59.1 Å². The molecule has 170 valence electrons. The van der Waals surface area contributed by atoms with E-state index in [0.29, 0.717) is 30.2 Å². The summed E-state index contributed by atoms with van der Waals surface area (Å²) in [6.07, 6.45) is 0.678. The Hall–Kier alpha value is -3.03. The average Bonchev–Trinajstić information content (AvgIpc) is 3.23. The summed E-state index contributed by atoms with van der Waals surface area (Å²) in [6, 6.07) is 20.6. The van der Waals surface area contributed by atoms with Gasteiger partial charge in [-0.15, -0.1) is 0 Å². The van der Waals surface area contributed by atoms with E-state index in [1.54, 1.807) is 23.5 Å².